The monoisotopic (exact) mass is 557 g/mol. The van der Waals surface area contributed by atoms with Crippen LogP contribution >= 0.6 is 39.9 Å². The molecule has 33 heavy (non-hydrogen) atoms. The lowest BCUT2D eigenvalue weighted by Gasteiger charge is -2.15. The number of carbonyl (C=O) groups is 2. The van der Waals surface area contributed by atoms with E-state index in [1.54, 1.807) is 4.90 Å². The maximum absolute atomic E-state index is 12.9. The number of thiocarbonyl (C=S) groups is 1. The summed E-state index contributed by atoms with van der Waals surface area (Å²) in [6, 6.07) is 3.82. The first-order valence-corrected chi connectivity index (χ1v) is 13.3. The standard InChI is InChI=1S/C24H32BrNO5S2/c1-4-6-10-13-31-22-18(25)14-17(15-19(22)30-5-2)16-20-23(28)26(24(32)33-20)12-9-7-8-11-21(27)29-3/h14-16H,4-13H2,1-3H3/b20-16-. The number of hydrogen-bond donors (Lipinski definition) is 0. The van der Waals surface area contributed by atoms with Crippen molar-refractivity contribution in [2.45, 2.75) is 58.8 Å². The Morgan fingerprint density at radius 3 is 2.64 bits per heavy atom. The molecule has 1 saturated heterocycles. The number of methoxy groups -OCH3 is 1. The molecule has 1 amide bonds. The van der Waals surface area contributed by atoms with E-state index < -0.39 is 0 Å². The topological polar surface area (TPSA) is 65.1 Å². The average molecular weight is 559 g/mol. The lowest BCUT2D eigenvalue weighted by Crippen LogP contribution is -2.29. The first-order valence-electron chi connectivity index (χ1n) is 11.3. The van der Waals surface area contributed by atoms with E-state index in [9.17, 15) is 9.59 Å². The van der Waals surface area contributed by atoms with Gasteiger partial charge in [-0.25, -0.2) is 0 Å². The van der Waals surface area contributed by atoms with Crippen LogP contribution in [0.1, 0.15) is 64.4 Å². The molecule has 6 nitrogen and oxygen atoms in total. The number of unbranched alkanes of at least 4 members (excludes halogenated alkanes) is 4. The van der Waals surface area contributed by atoms with Crippen molar-refractivity contribution in [3.8, 4) is 11.5 Å². The van der Waals surface area contributed by atoms with Crippen LogP contribution in [-0.4, -0.2) is 48.0 Å². The maximum atomic E-state index is 12.9. The Hall–Kier alpha value is -1.58. The predicted molar refractivity (Wildman–Crippen MR) is 141 cm³/mol. The number of rotatable bonds is 14. The molecule has 1 aromatic rings. The Balaban J connectivity index is 2.05. The van der Waals surface area contributed by atoms with E-state index in [1.165, 1.54) is 18.9 Å². The summed E-state index contributed by atoms with van der Waals surface area (Å²) in [5.74, 6) is 1.03. The van der Waals surface area contributed by atoms with Crippen molar-refractivity contribution in [2.24, 2.45) is 0 Å². The number of hydrogen-bond acceptors (Lipinski definition) is 7. The van der Waals surface area contributed by atoms with Crippen molar-refractivity contribution in [3.63, 3.8) is 0 Å². The van der Waals surface area contributed by atoms with Crippen molar-refractivity contribution in [2.75, 3.05) is 26.9 Å². The first kappa shape index (κ1) is 27.7. The van der Waals surface area contributed by atoms with Crippen molar-refractivity contribution >= 4 is 62.2 Å². The quantitative estimate of drug-likeness (QED) is 0.114. The number of benzene rings is 1. The Morgan fingerprint density at radius 1 is 1.15 bits per heavy atom. The Morgan fingerprint density at radius 2 is 1.94 bits per heavy atom. The van der Waals surface area contributed by atoms with Gasteiger partial charge in [-0.2, -0.15) is 0 Å². The molecule has 1 fully saturated rings. The summed E-state index contributed by atoms with van der Waals surface area (Å²) in [4.78, 5) is 26.3. The van der Waals surface area contributed by atoms with Gasteiger partial charge in [0.05, 0.1) is 29.7 Å². The fourth-order valence-corrected chi connectivity index (χ4v) is 5.15. The lowest BCUT2D eigenvalue weighted by molar-refractivity contribution is -0.140. The smallest absolute Gasteiger partial charge is 0.305 e. The molecule has 1 aliphatic rings. The van der Waals surface area contributed by atoms with Crippen molar-refractivity contribution < 1.29 is 23.8 Å². The predicted octanol–water partition coefficient (Wildman–Crippen LogP) is 6.35. The summed E-state index contributed by atoms with van der Waals surface area (Å²) in [6.45, 7) is 5.77. The molecule has 0 bridgehead atoms. The van der Waals surface area contributed by atoms with E-state index in [0.717, 1.165) is 48.6 Å². The van der Waals surface area contributed by atoms with Crippen LogP contribution in [0.5, 0.6) is 11.5 Å². The molecule has 2 rings (SSSR count). The van der Waals surface area contributed by atoms with E-state index in [-0.39, 0.29) is 11.9 Å². The number of nitrogens with zero attached hydrogens (tertiary/aromatic N) is 1. The normalized spacial score (nSPS) is 14.8. The highest BCUT2D eigenvalue weighted by molar-refractivity contribution is 9.10. The lowest BCUT2D eigenvalue weighted by atomic mass is 10.1. The van der Waals surface area contributed by atoms with Crippen LogP contribution in [0.25, 0.3) is 6.08 Å². The van der Waals surface area contributed by atoms with E-state index in [4.69, 9.17) is 21.7 Å². The van der Waals surface area contributed by atoms with Crippen molar-refractivity contribution in [3.05, 3.63) is 27.1 Å². The van der Waals surface area contributed by atoms with Crippen LogP contribution in [0.2, 0.25) is 0 Å². The highest BCUT2D eigenvalue weighted by Gasteiger charge is 2.31. The zero-order valence-corrected chi connectivity index (χ0v) is 22.7. The summed E-state index contributed by atoms with van der Waals surface area (Å²) in [6.07, 6.45) is 7.81. The zero-order valence-electron chi connectivity index (χ0n) is 19.5. The minimum absolute atomic E-state index is 0.0908. The van der Waals surface area contributed by atoms with Crippen molar-refractivity contribution in [1.29, 1.82) is 0 Å². The second-order valence-corrected chi connectivity index (χ2v) is 10.1. The summed E-state index contributed by atoms with van der Waals surface area (Å²) in [7, 11) is 1.39. The van der Waals surface area contributed by atoms with Gasteiger partial charge in [-0.3, -0.25) is 14.5 Å². The number of ether oxygens (including phenoxy) is 3. The highest BCUT2D eigenvalue weighted by atomic mass is 79.9. The number of amides is 1. The van der Waals surface area contributed by atoms with Crippen molar-refractivity contribution in [1.82, 2.24) is 4.90 Å². The summed E-state index contributed by atoms with van der Waals surface area (Å²) < 4.78 is 17.8. The second-order valence-electron chi connectivity index (χ2n) is 7.54. The van der Waals surface area contributed by atoms with Crippen LogP contribution in [0, 0.1) is 0 Å². The maximum Gasteiger partial charge on any atom is 0.305 e. The third-order valence-corrected chi connectivity index (χ3v) is 6.95. The first-order chi connectivity index (χ1) is 15.9. The Bertz CT molecular complexity index is 875. The average Bonchev–Trinajstić information content (AvgIpc) is 3.05. The van der Waals surface area contributed by atoms with Gasteiger partial charge in [0.1, 0.15) is 4.32 Å². The molecule has 1 aromatic carbocycles. The molecule has 9 heteroatoms. The van der Waals surface area contributed by atoms with E-state index in [0.29, 0.717) is 46.9 Å². The van der Waals surface area contributed by atoms with Gasteiger partial charge in [0.25, 0.3) is 5.91 Å². The summed E-state index contributed by atoms with van der Waals surface area (Å²) in [5.41, 5.74) is 0.838. The van der Waals surface area contributed by atoms with Crippen LogP contribution in [0.4, 0.5) is 0 Å². The molecular formula is C24H32BrNO5S2. The molecule has 0 atom stereocenters. The van der Waals surface area contributed by atoms with Gasteiger partial charge >= 0.3 is 5.97 Å². The van der Waals surface area contributed by atoms with Gasteiger partial charge in [-0.15, -0.1) is 0 Å². The van der Waals surface area contributed by atoms with Gasteiger partial charge in [0, 0.05) is 13.0 Å². The molecule has 0 N–H and O–H groups in total. The van der Waals surface area contributed by atoms with Crippen LogP contribution in [-0.2, 0) is 14.3 Å². The largest absolute Gasteiger partial charge is 0.490 e. The molecule has 0 aliphatic carbocycles. The van der Waals surface area contributed by atoms with Gasteiger partial charge in [-0.05, 0) is 65.9 Å². The minimum atomic E-state index is -0.210. The second kappa shape index (κ2) is 14.6. The summed E-state index contributed by atoms with van der Waals surface area (Å²) >= 11 is 10.3. The third kappa shape index (κ3) is 8.61. The number of thioether (sulfide) groups is 1. The molecular weight excluding hydrogens is 526 g/mol. The molecule has 0 radical (unpaired) electrons. The molecule has 182 valence electrons. The van der Waals surface area contributed by atoms with Gasteiger partial charge < -0.3 is 14.2 Å². The fourth-order valence-electron chi connectivity index (χ4n) is 3.26. The molecule has 1 heterocycles. The highest BCUT2D eigenvalue weighted by Crippen LogP contribution is 2.39. The molecule has 0 unspecified atom stereocenters. The SMILES string of the molecule is CCCCCOc1c(Br)cc(/C=C2\SC(=S)N(CCCCCC(=O)OC)C2=O)cc1OCC. The van der Waals surface area contributed by atoms with Gasteiger partial charge in [0.2, 0.25) is 0 Å². The van der Waals surface area contributed by atoms with Gasteiger partial charge in [0.15, 0.2) is 11.5 Å². The van der Waals surface area contributed by atoms with E-state index in [1.807, 2.05) is 25.1 Å². The van der Waals surface area contributed by atoms with Crippen LogP contribution in [0.15, 0.2) is 21.5 Å². The third-order valence-electron chi connectivity index (χ3n) is 4.99. The van der Waals surface area contributed by atoms with Crippen LogP contribution < -0.4 is 9.47 Å². The van der Waals surface area contributed by atoms with Gasteiger partial charge in [-0.1, -0.05) is 50.2 Å². The molecule has 0 spiro atoms. The zero-order chi connectivity index (χ0) is 24.2. The van der Waals surface area contributed by atoms with E-state index in [2.05, 4.69) is 27.6 Å². The van der Waals surface area contributed by atoms with E-state index >= 15 is 0 Å². The van der Waals surface area contributed by atoms with Crippen LogP contribution in [0.3, 0.4) is 0 Å². The molecule has 1 aliphatic heterocycles. The summed E-state index contributed by atoms with van der Waals surface area (Å²) in [5, 5.41) is 0. The minimum Gasteiger partial charge on any atom is -0.490 e. The number of halogens is 1. The molecule has 0 aromatic heterocycles. The number of carbonyl (C=O) groups excluding carboxylic acids is 2. The Kier molecular flexibility index (Phi) is 12.3. The molecule has 0 saturated carbocycles. The number of esters is 1. The fraction of sp³-hybridized carbons (Fsp3) is 0.542. The Labute approximate surface area is 214 Å².